The van der Waals surface area contributed by atoms with Crippen LogP contribution in [-0.4, -0.2) is 13.1 Å². The normalized spacial score (nSPS) is 10.2. The van der Waals surface area contributed by atoms with E-state index in [1.807, 2.05) is 0 Å². The SMILES string of the molecule is COC(=O)c1ccc(Oc2cc(N)cc(Oc3ccc(F)cc3)c2)cc1. The van der Waals surface area contributed by atoms with Crippen LogP contribution < -0.4 is 15.2 Å². The Hall–Kier alpha value is -3.54. The average molecular weight is 353 g/mol. The first-order chi connectivity index (χ1) is 12.5. The Morgan fingerprint density at radius 2 is 1.31 bits per heavy atom. The van der Waals surface area contributed by atoms with E-state index in [2.05, 4.69) is 4.74 Å². The van der Waals surface area contributed by atoms with Gasteiger partial charge in [0.15, 0.2) is 0 Å². The molecule has 26 heavy (non-hydrogen) atoms. The topological polar surface area (TPSA) is 70.8 Å². The summed E-state index contributed by atoms with van der Waals surface area (Å²) in [7, 11) is 1.32. The maximum atomic E-state index is 13.0. The minimum absolute atomic E-state index is 0.343. The lowest BCUT2D eigenvalue weighted by Gasteiger charge is -2.11. The molecule has 0 saturated carbocycles. The van der Waals surface area contributed by atoms with E-state index < -0.39 is 5.97 Å². The van der Waals surface area contributed by atoms with Crippen LogP contribution >= 0.6 is 0 Å². The second kappa shape index (κ2) is 7.57. The fourth-order valence-electron chi connectivity index (χ4n) is 2.26. The quantitative estimate of drug-likeness (QED) is 0.528. The van der Waals surface area contributed by atoms with Crippen LogP contribution in [0.15, 0.2) is 66.7 Å². The van der Waals surface area contributed by atoms with Crippen molar-refractivity contribution >= 4 is 11.7 Å². The molecular weight excluding hydrogens is 337 g/mol. The standard InChI is InChI=1S/C20H16FNO4/c1-24-20(23)13-2-6-16(7-3-13)25-18-10-15(22)11-19(12-18)26-17-8-4-14(21)5-9-17/h2-12H,22H2,1H3. The lowest BCUT2D eigenvalue weighted by molar-refractivity contribution is 0.0600. The van der Waals surface area contributed by atoms with Gasteiger partial charge in [-0.15, -0.1) is 0 Å². The maximum absolute atomic E-state index is 13.0. The fraction of sp³-hybridized carbons (Fsp3) is 0.0500. The highest BCUT2D eigenvalue weighted by atomic mass is 19.1. The van der Waals surface area contributed by atoms with E-state index in [1.54, 1.807) is 42.5 Å². The van der Waals surface area contributed by atoms with Gasteiger partial charge < -0.3 is 19.9 Å². The summed E-state index contributed by atoms with van der Waals surface area (Å²) in [5.41, 5.74) is 6.77. The number of nitrogen functional groups attached to an aromatic ring is 1. The molecule has 132 valence electrons. The van der Waals surface area contributed by atoms with Gasteiger partial charge in [-0.05, 0) is 48.5 Å². The Bertz CT molecular complexity index is 908. The zero-order chi connectivity index (χ0) is 18.5. The molecule has 6 heteroatoms. The van der Waals surface area contributed by atoms with Gasteiger partial charge in [0.1, 0.15) is 28.8 Å². The number of esters is 1. The maximum Gasteiger partial charge on any atom is 0.337 e. The van der Waals surface area contributed by atoms with E-state index in [0.717, 1.165) is 0 Å². The van der Waals surface area contributed by atoms with Crippen molar-refractivity contribution < 1.29 is 23.4 Å². The third-order valence-electron chi connectivity index (χ3n) is 3.46. The largest absolute Gasteiger partial charge is 0.465 e. The number of benzene rings is 3. The Balaban J connectivity index is 1.77. The lowest BCUT2D eigenvalue weighted by Crippen LogP contribution is -2.00. The van der Waals surface area contributed by atoms with Crippen LogP contribution in [0.2, 0.25) is 0 Å². The van der Waals surface area contributed by atoms with Crippen molar-refractivity contribution in [2.45, 2.75) is 0 Å². The molecule has 0 radical (unpaired) electrons. The van der Waals surface area contributed by atoms with Gasteiger partial charge in [0, 0.05) is 23.9 Å². The van der Waals surface area contributed by atoms with Gasteiger partial charge in [-0.1, -0.05) is 0 Å². The van der Waals surface area contributed by atoms with E-state index in [0.29, 0.717) is 34.2 Å². The second-order valence-corrected chi connectivity index (χ2v) is 5.41. The summed E-state index contributed by atoms with van der Waals surface area (Å²) in [6.07, 6.45) is 0. The summed E-state index contributed by atoms with van der Waals surface area (Å²) in [5.74, 6) is 1.16. The molecule has 0 aromatic heterocycles. The first kappa shape index (κ1) is 17.3. The van der Waals surface area contributed by atoms with Crippen LogP contribution in [-0.2, 0) is 4.74 Å². The highest BCUT2D eigenvalue weighted by Gasteiger charge is 2.07. The smallest absolute Gasteiger partial charge is 0.337 e. The number of anilines is 1. The summed E-state index contributed by atoms with van der Waals surface area (Å²) in [4.78, 5) is 11.4. The monoisotopic (exact) mass is 353 g/mol. The molecule has 0 amide bonds. The van der Waals surface area contributed by atoms with Gasteiger partial charge in [-0.3, -0.25) is 0 Å². The summed E-state index contributed by atoms with van der Waals surface area (Å²) in [6.45, 7) is 0. The minimum Gasteiger partial charge on any atom is -0.465 e. The molecule has 0 saturated heterocycles. The average Bonchev–Trinajstić information content (AvgIpc) is 2.63. The molecule has 5 nitrogen and oxygen atoms in total. The zero-order valence-corrected chi connectivity index (χ0v) is 13.9. The Labute approximate surface area is 149 Å². The van der Waals surface area contributed by atoms with Gasteiger partial charge in [0.2, 0.25) is 0 Å². The van der Waals surface area contributed by atoms with Crippen molar-refractivity contribution in [3.63, 3.8) is 0 Å². The number of hydrogen-bond acceptors (Lipinski definition) is 5. The minimum atomic E-state index is -0.421. The number of methoxy groups -OCH3 is 1. The van der Waals surface area contributed by atoms with Crippen LogP contribution in [0.3, 0.4) is 0 Å². The van der Waals surface area contributed by atoms with Gasteiger partial charge >= 0.3 is 5.97 Å². The molecule has 0 bridgehead atoms. The van der Waals surface area contributed by atoms with E-state index >= 15 is 0 Å². The Morgan fingerprint density at radius 3 is 1.81 bits per heavy atom. The van der Waals surface area contributed by atoms with Gasteiger partial charge in [0.25, 0.3) is 0 Å². The molecule has 2 N–H and O–H groups in total. The molecule has 0 aliphatic carbocycles. The highest BCUT2D eigenvalue weighted by molar-refractivity contribution is 5.89. The first-order valence-electron chi connectivity index (χ1n) is 7.74. The van der Waals surface area contributed by atoms with Gasteiger partial charge in [-0.2, -0.15) is 0 Å². The lowest BCUT2D eigenvalue weighted by atomic mass is 10.2. The molecule has 0 fully saturated rings. The van der Waals surface area contributed by atoms with Crippen LogP contribution in [0.5, 0.6) is 23.0 Å². The molecule has 3 aromatic rings. The highest BCUT2D eigenvalue weighted by Crippen LogP contribution is 2.31. The number of nitrogens with two attached hydrogens (primary N) is 1. The van der Waals surface area contributed by atoms with Crippen LogP contribution in [0.1, 0.15) is 10.4 Å². The molecular formula is C20H16FNO4. The van der Waals surface area contributed by atoms with E-state index in [9.17, 15) is 9.18 Å². The number of ether oxygens (including phenoxy) is 3. The van der Waals surface area contributed by atoms with Crippen LogP contribution in [0.4, 0.5) is 10.1 Å². The molecule has 0 aliphatic rings. The Kier molecular flexibility index (Phi) is 5.03. The predicted molar refractivity (Wildman–Crippen MR) is 95.2 cm³/mol. The van der Waals surface area contributed by atoms with Crippen LogP contribution in [0, 0.1) is 5.82 Å². The number of carbonyl (C=O) groups excluding carboxylic acids is 1. The molecule has 0 atom stereocenters. The van der Waals surface area contributed by atoms with Gasteiger partial charge in [0.05, 0.1) is 12.7 Å². The number of halogens is 1. The van der Waals surface area contributed by atoms with Crippen molar-refractivity contribution in [2.24, 2.45) is 0 Å². The zero-order valence-electron chi connectivity index (χ0n) is 13.9. The summed E-state index contributed by atoms with van der Waals surface area (Å²) in [5, 5.41) is 0. The molecule has 0 spiro atoms. The van der Waals surface area contributed by atoms with E-state index in [-0.39, 0.29) is 5.82 Å². The number of rotatable bonds is 5. The van der Waals surface area contributed by atoms with E-state index in [1.165, 1.54) is 31.4 Å². The number of hydrogen-bond donors (Lipinski definition) is 1. The summed E-state index contributed by atoms with van der Waals surface area (Å²) >= 11 is 0. The molecule has 0 aliphatic heterocycles. The predicted octanol–water partition coefficient (Wildman–Crippen LogP) is 4.78. The van der Waals surface area contributed by atoms with Crippen molar-refractivity contribution in [2.75, 3.05) is 12.8 Å². The van der Waals surface area contributed by atoms with Crippen molar-refractivity contribution in [3.05, 3.63) is 78.1 Å². The van der Waals surface area contributed by atoms with Crippen molar-refractivity contribution in [1.29, 1.82) is 0 Å². The third kappa shape index (κ3) is 4.30. The summed E-state index contributed by atoms with van der Waals surface area (Å²) in [6, 6.07) is 17.1. The first-order valence-corrected chi connectivity index (χ1v) is 7.74. The Morgan fingerprint density at radius 1 is 0.808 bits per heavy atom. The molecule has 3 aromatic carbocycles. The van der Waals surface area contributed by atoms with E-state index in [4.69, 9.17) is 15.2 Å². The third-order valence-corrected chi connectivity index (χ3v) is 3.46. The molecule has 3 rings (SSSR count). The fourth-order valence-corrected chi connectivity index (χ4v) is 2.26. The molecule has 0 heterocycles. The molecule has 0 unspecified atom stereocenters. The van der Waals surface area contributed by atoms with Gasteiger partial charge in [-0.25, -0.2) is 9.18 Å². The second-order valence-electron chi connectivity index (χ2n) is 5.41. The number of carbonyl (C=O) groups is 1. The van der Waals surface area contributed by atoms with Crippen molar-refractivity contribution in [3.8, 4) is 23.0 Å². The van der Waals surface area contributed by atoms with Crippen molar-refractivity contribution in [1.82, 2.24) is 0 Å². The summed E-state index contributed by atoms with van der Waals surface area (Å²) < 4.78 is 29.0. The van der Waals surface area contributed by atoms with Crippen LogP contribution in [0.25, 0.3) is 0 Å².